The largest absolute Gasteiger partial charge is 0.377 e. The fourth-order valence-electron chi connectivity index (χ4n) is 1.26. The van der Waals surface area contributed by atoms with Crippen LogP contribution in [0.15, 0.2) is 18.3 Å². The van der Waals surface area contributed by atoms with E-state index in [2.05, 4.69) is 10.3 Å². The van der Waals surface area contributed by atoms with Crippen molar-refractivity contribution >= 4 is 11.5 Å². The second-order valence-electron chi connectivity index (χ2n) is 3.28. The van der Waals surface area contributed by atoms with Gasteiger partial charge in [0.15, 0.2) is 0 Å². The van der Waals surface area contributed by atoms with Crippen LogP contribution in [0.4, 0.5) is 11.5 Å². The van der Waals surface area contributed by atoms with Gasteiger partial charge in [-0.2, -0.15) is 0 Å². The maximum atomic E-state index is 10.7. The Hall–Kier alpha value is -1.69. The topological polar surface area (TPSA) is 77.3 Å². The monoisotopic (exact) mass is 225 g/mol. The zero-order valence-electron chi connectivity index (χ0n) is 9.34. The summed E-state index contributed by atoms with van der Waals surface area (Å²) >= 11 is 0. The molecule has 1 heterocycles. The number of nitro groups is 1. The Labute approximate surface area is 93.8 Å². The van der Waals surface area contributed by atoms with Gasteiger partial charge in [-0.3, -0.25) is 10.1 Å². The smallest absolute Gasteiger partial charge is 0.311 e. The van der Waals surface area contributed by atoms with Crippen molar-refractivity contribution < 1.29 is 9.66 Å². The summed E-state index contributed by atoms with van der Waals surface area (Å²) in [5, 5.41) is 13.6. The first kappa shape index (κ1) is 12.4. The van der Waals surface area contributed by atoms with Gasteiger partial charge in [-0.15, -0.1) is 0 Å². The van der Waals surface area contributed by atoms with Crippen LogP contribution in [0.25, 0.3) is 0 Å². The highest BCUT2D eigenvalue weighted by atomic mass is 16.6. The van der Waals surface area contributed by atoms with Crippen molar-refractivity contribution in [3.05, 3.63) is 28.4 Å². The normalized spacial score (nSPS) is 12.1. The maximum Gasteiger partial charge on any atom is 0.311 e. The van der Waals surface area contributed by atoms with Crippen molar-refractivity contribution in [3.63, 3.8) is 0 Å². The lowest BCUT2D eigenvalue weighted by atomic mass is 10.3. The molecule has 1 rings (SSSR count). The summed E-state index contributed by atoms with van der Waals surface area (Å²) in [6, 6.07) is 2.95. The summed E-state index contributed by atoms with van der Waals surface area (Å²) in [6.07, 6.45) is 1.51. The molecule has 1 aromatic rings. The van der Waals surface area contributed by atoms with Crippen molar-refractivity contribution in [2.75, 3.05) is 18.5 Å². The Morgan fingerprint density at radius 3 is 3.06 bits per heavy atom. The molecule has 0 aliphatic carbocycles. The van der Waals surface area contributed by atoms with Crippen LogP contribution in [-0.2, 0) is 4.74 Å². The number of hydrogen-bond donors (Lipinski definition) is 1. The first-order chi connectivity index (χ1) is 7.65. The van der Waals surface area contributed by atoms with Crippen molar-refractivity contribution in [3.8, 4) is 0 Å². The molecule has 1 atom stereocenters. The number of ether oxygens (including phenoxy) is 1. The average Bonchev–Trinajstić information content (AvgIpc) is 2.27. The highest BCUT2D eigenvalue weighted by Crippen LogP contribution is 2.19. The molecule has 1 N–H and O–H groups in total. The fourth-order valence-corrected chi connectivity index (χ4v) is 1.26. The quantitative estimate of drug-likeness (QED) is 0.590. The molecule has 0 aliphatic rings. The standard InChI is InChI=1S/C10H15N3O3/c1-3-16-8(2)7-12-10-9(13(14)15)5-4-6-11-10/h4-6,8H,3,7H2,1-2H3,(H,11,12). The van der Waals surface area contributed by atoms with E-state index in [4.69, 9.17) is 4.74 Å². The molecule has 16 heavy (non-hydrogen) atoms. The van der Waals surface area contributed by atoms with Gasteiger partial charge in [0.25, 0.3) is 0 Å². The van der Waals surface area contributed by atoms with E-state index in [1.165, 1.54) is 18.3 Å². The van der Waals surface area contributed by atoms with Gasteiger partial charge in [0, 0.05) is 25.4 Å². The third-order valence-corrected chi connectivity index (χ3v) is 1.99. The summed E-state index contributed by atoms with van der Waals surface area (Å²) < 4.78 is 5.30. The predicted octanol–water partition coefficient (Wildman–Crippen LogP) is 1.83. The van der Waals surface area contributed by atoms with Crippen LogP contribution in [0.5, 0.6) is 0 Å². The molecule has 0 aliphatic heterocycles. The molecule has 0 bridgehead atoms. The first-order valence-electron chi connectivity index (χ1n) is 5.10. The molecule has 0 radical (unpaired) electrons. The number of pyridine rings is 1. The molecule has 0 saturated heterocycles. The summed E-state index contributed by atoms with van der Waals surface area (Å²) in [4.78, 5) is 14.2. The Balaban J connectivity index is 2.63. The van der Waals surface area contributed by atoms with Gasteiger partial charge in [0.1, 0.15) is 0 Å². The van der Waals surface area contributed by atoms with Gasteiger partial charge >= 0.3 is 5.69 Å². The Morgan fingerprint density at radius 1 is 1.69 bits per heavy atom. The Kier molecular flexibility index (Phi) is 4.65. The van der Waals surface area contributed by atoms with Crippen molar-refractivity contribution in [2.45, 2.75) is 20.0 Å². The van der Waals surface area contributed by atoms with Crippen LogP contribution >= 0.6 is 0 Å². The van der Waals surface area contributed by atoms with Gasteiger partial charge in [-0.25, -0.2) is 4.98 Å². The van der Waals surface area contributed by atoms with E-state index in [-0.39, 0.29) is 17.6 Å². The molecule has 6 nitrogen and oxygen atoms in total. The highest BCUT2D eigenvalue weighted by molar-refractivity contribution is 5.55. The fraction of sp³-hybridized carbons (Fsp3) is 0.500. The van der Waals surface area contributed by atoms with Crippen LogP contribution in [0, 0.1) is 10.1 Å². The molecule has 0 amide bonds. The highest BCUT2D eigenvalue weighted by Gasteiger charge is 2.14. The van der Waals surface area contributed by atoms with Gasteiger partial charge in [0.05, 0.1) is 11.0 Å². The lowest BCUT2D eigenvalue weighted by Crippen LogP contribution is -2.20. The third kappa shape index (κ3) is 3.47. The predicted molar refractivity (Wildman–Crippen MR) is 60.5 cm³/mol. The minimum Gasteiger partial charge on any atom is -0.377 e. The summed E-state index contributed by atoms with van der Waals surface area (Å²) in [5.74, 6) is 0.277. The Bertz CT molecular complexity index is 357. The molecule has 1 aromatic heterocycles. The third-order valence-electron chi connectivity index (χ3n) is 1.99. The molecule has 88 valence electrons. The van der Waals surface area contributed by atoms with Crippen molar-refractivity contribution in [1.29, 1.82) is 0 Å². The minimum absolute atomic E-state index is 0.00777. The van der Waals surface area contributed by atoms with Crippen LogP contribution in [0.2, 0.25) is 0 Å². The number of aromatic nitrogens is 1. The molecule has 6 heteroatoms. The molecule has 0 saturated carbocycles. The number of hydrogen-bond acceptors (Lipinski definition) is 5. The van der Waals surface area contributed by atoms with E-state index in [0.29, 0.717) is 13.2 Å². The molecule has 0 aromatic carbocycles. The number of nitrogens with zero attached hydrogens (tertiary/aromatic N) is 2. The molecule has 0 spiro atoms. The lowest BCUT2D eigenvalue weighted by molar-refractivity contribution is -0.384. The summed E-state index contributed by atoms with van der Waals surface area (Å²) in [7, 11) is 0. The minimum atomic E-state index is -0.458. The first-order valence-corrected chi connectivity index (χ1v) is 5.10. The number of nitrogens with one attached hydrogen (secondary N) is 1. The van der Waals surface area contributed by atoms with E-state index in [1.807, 2.05) is 13.8 Å². The van der Waals surface area contributed by atoms with E-state index < -0.39 is 4.92 Å². The van der Waals surface area contributed by atoms with Crippen LogP contribution in [0.3, 0.4) is 0 Å². The van der Waals surface area contributed by atoms with Crippen molar-refractivity contribution in [1.82, 2.24) is 4.98 Å². The molecule has 1 unspecified atom stereocenters. The molecular weight excluding hydrogens is 210 g/mol. The van der Waals surface area contributed by atoms with E-state index >= 15 is 0 Å². The Morgan fingerprint density at radius 2 is 2.44 bits per heavy atom. The average molecular weight is 225 g/mol. The van der Waals surface area contributed by atoms with E-state index in [0.717, 1.165) is 0 Å². The zero-order valence-corrected chi connectivity index (χ0v) is 9.34. The van der Waals surface area contributed by atoms with E-state index in [1.54, 1.807) is 0 Å². The SMILES string of the molecule is CCOC(C)CNc1ncccc1[N+](=O)[O-]. The van der Waals surface area contributed by atoms with Crippen LogP contribution in [0.1, 0.15) is 13.8 Å². The molecular formula is C10H15N3O3. The molecule has 0 fully saturated rings. The summed E-state index contributed by atoms with van der Waals surface area (Å²) in [6.45, 7) is 4.91. The second-order valence-corrected chi connectivity index (χ2v) is 3.28. The van der Waals surface area contributed by atoms with Crippen molar-refractivity contribution in [2.24, 2.45) is 0 Å². The number of anilines is 1. The van der Waals surface area contributed by atoms with Gasteiger partial charge in [-0.05, 0) is 19.9 Å². The maximum absolute atomic E-state index is 10.7. The van der Waals surface area contributed by atoms with Gasteiger partial charge in [-0.1, -0.05) is 0 Å². The van der Waals surface area contributed by atoms with Crippen LogP contribution in [-0.4, -0.2) is 29.2 Å². The van der Waals surface area contributed by atoms with Crippen LogP contribution < -0.4 is 5.32 Å². The van der Waals surface area contributed by atoms with E-state index in [9.17, 15) is 10.1 Å². The number of rotatable bonds is 6. The second kappa shape index (κ2) is 6.02. The van der Waals surface area contributed by atoms with Gasteiger partial charge in [0.2, 0.25) is 5.82 Å². The zero-order chi connectivity index (χ0) is 12.0. The van der Waals surface area contributed by atoms with Gasteiger partial charge < -0.3 is 10.1 Å². The lowest BCUT2D eigenvalue weighted by Gasteiger charge is -2.12. The summed E-state index contributed by atoms with van der Waals surface area (Å²) in [5.41, 5.74) is -0.0220.